The van der Waals surface area contributed by atoms with Crippen molar-refractivity contribution in [3.8, 4) is 0 Å². The van der Waals surface area contributed by atoms with E-state index >= 15 is 0 Å². The Morgan fingerprint density at radius 2 is 1.64 bits per heavy atom. The predicted octanol–water partition coefficient (Wildman–Crippen LogP) is 2.55. The first kappa shape index (κ1) is 13.9. The van der Waals surface area contributed by atoms with Crippen molar-refractivity contribution >= 4 is 0 Å². The van der Waals surface area contributed by atoms with Gasteiger partial charge in [0.25, 0.3) is 0 Å². The molecule has 0 aromatic heterocycles. The van der Waals surface area contributed by atoms with Crippen LogP contribution < -0.4 is 5.73 Å². The molecule has 86 valence electrons. The second kappa shape index (κ2) is 5.13. The molecule has 0 aliphatic heterocycles. The molecule has 0 aliphatic carbocycles. The molecule has 0 amide bonds. The summed E-state index contributed by atoms with van der Waals surface area (Å²) in [6.45, 7) is 11.0. The van der Waals surface area contributed by atoms with Gasteiger partial charge in [0.15, 0.2) is 0 Å². The summed E-state index contributed by atoms with van der Waals surface area (Å²) < 4.78 is 0. The molecule has 0 saturated heterocycles. The van der Waals surface area contributed by atoms with E-state index in [1.165, 1.54) is 6.42 Å². The van der Waals surface area contributed by atoms with Gasteiger partial charge in [0.2, 0.25) is 0 Å². The van der Waals surface area contributed by atoms with Crippen LogP contribution in [0.2, 0.25) is 0 Å². The molecule has 0 heterocycles. The average Bonchev–Trinajstić information content (AvgIpc) is 1.99. The van der Waals surface area contributed by atoms with Crippen molar-refractivity contribution < 1.29 is 5.11 Å². The summed E-state index contributed by atoms with van der Waals surface area (Å²) in [4.78, 5) is 0. The van der Waals surface area contributed by atoms with E-state index < -0.39 is 0 Å². The van der Waals surface area contributed by atoms with Gasteiger partial charge in [0.1, 0.15) is 0 Å². The third kappa shape index (κ3) is 3.97. The van der Waals surface area contributed by atoms with Gasteiger partial charge in [-0.3, -0.25) is 0 Å². The normalized spacial score (nSPS) is 17.1. The van der Waals surface area contributed by atoms with Crippen LogP contribution in [0.3, 0.4) is 0 Å². The van der Waals surface area contributed by atoms with Crippen LogP contribution in [0.15, 0.2) is 0 Å². The molecule has 2 nitrogen and oxygen atoms in total. The van der Waals surface area contributed by atoms with Crippen molar-refractivity contribution in [2.45, 2.75) is 59.4 Å². The zero-order chi connectivity index (χ0) is 11.4. The number of aliphatic hydroxyl groups is 1. The van der Waals surface area contributed by atoms with E-state index in [0.29, 0.717) is 5.92 Å². The molecule has 0 aromatic rings. The topological polar surface area (TPSA) is 46.2 Å². The quantitative estimate of drug-likeness (QED) is 0.693. The highest BCUT2D eigenvalue weighted by Gasteiger charge is 2.36. The fraction of sp³-hybridized carbons (Fsp3) is 1.00. The van der Waals surface area contributed by atoms with Gasteiger partial charge in [-0.2, -0.15) is 0 Å². The summed E-state index contributed by atoms with van der Waals surface area (Å²) in [5.74, 6) is 0.704. The number of hydrogen-bond donors (Lipinski definition) is 2. The number of rotatable bonds is 6. The second-order valence-corrected chi connectivity index (χ2v) is 5.69. The summed E-state index contributed by atoms with van der Waals surface area (Å²) >= 11 is 0. The molecule has 0 rings (SSSR count). The van der Waals surface area contributed by atoms with E-state index in [1.54, 1.807) is 0 Å². The molecule has 14 heavy (non-hydrogen) atoms. The maximum atomic E-state index is 9.07. The lowest BCUT2D eigenvalue weighted by Gasteiger charge is -2.42. The number of aliphatic hydroxyl groups excluding tert-OH is 1. The molecule has 0 aliphatic rings. The smallest absolute Gasteiger partial charge is 0.0436 e. The van der Waals surface area contributed by atoms with Crippen LogP contribution in [0.1, 0.15) is 53.9 Å². The zero-order valence-electron chi connectivity index (χ0n) is 10.4. The van der Waals surface area contributed by atoms with Gasteiger partial charge >= 0.3 is 0 Å². The highest BCUT2D eigenvalue weighted by molar-refractivity contribution is 4.93. The summed E-state index contributed by atoms with van der Waals surface area (Å²) in [5, 5.41) is 9.07. The first-order valence-electron chi connectivity index (χ1n) is 5.62. The average molecular weight is 201 g/mol. The van der Waals surface area contributed by atoms with Gasteiger partial charge in [-0.05, 0) is 38.0 Å². The highest BCUT2D eigenvalue weighted by atomic mass is 16.3. The Morgan fingerprint density at radius 3 is 1.93 bits per heavy atom. The van der Waals surface area contributed by atoms with Crippen LogP contribution in [0.5, 0.6) is 0 Å². The van der Waals surface area contributed by atoms with Gasteiger partial charge in [-0.1, -0.05) is 27.2 Å². The lowest BCUT2D eigenvalue weighted by Crippen LogP contribution is -2.49. The van der Waals surface area contributed by atoms with E-state index in [-0.39, 0.29) is 17.6 Å². The maximum absolute atomic E-state index is 9.07. The van der Waals surface area contributed by atoms with Crippen molar-refractivity contribution in [3.05, 3.63) is 0 Å². The Kier molecular flexibility index (Phi) is 5.10. The van der Waals surface area contributed by atoms with E-state index in [1.807, 2.05) is 0 Å². The lowest BCUT2D eigenvalue weighted by molar-refractivity contribution is 0.102. The molecular formula is C12H27NO. The predicted molar refractivity (Wildman–Crippen MR) is 62.1 cm³/mol. The Morgan fingerprint density at radius 1 is 1.14 bits per heavy atom. The monoisotopic (exact) mass is 201 g/mol. The van der Waals surface area contributed by atoms with Crippen LogP contribution in [0.4, 0.5) is 0 Å². The number of hydrogen-bond acceptors (Lipinski definition) is 2. The second-order valence-electron chi connectivity index (χ2n) is 5.69. The van der Waals surface area contributed by atoms with Gasteiger partial charge < -0.3 is 10.8 Å². The first-order valence-corrected chi connectivity index (χ1v) is 5.62. The Hall–Kier alpha value is -0.0800. The molecule has 1 unspecified atom stereocenters. The van der Waals surface area contributed by atoms with E-state index in [4.69, 9.17) is 10.8 Å². The van der Waals surface area contributed by atoms with Gasteiger partial charge in [0, 0.05) is 12.1 Å². The molecule has 0 aromatic carbocycles. The zero-order valence-corrected chi connectivity index (χ0v) is 10.4. The minimum absolute atomic E-state index is 0.0476. The molecule has 0 fully saturated rings. The van der Waals surface area contributed by atoms with Gasteiger partial charge in [-0.25, -0.2) is 0 Å². The molecule has 0 bridgehead atoms. The third-order valence-electron chi connectivity index (χ3n) is 3.49. The van der Waals surface area contributed by atoms with Gasteiger partial charge in [-0.15, -0.1) is 0 Å². The van der Waals surface area contributed by atoms with Gasteiger partial charge in [0.05, 0.1) is 0 Å². The summed E-state index contributed by atoms with van der Waals surface area (Å²) in [6, 6.07) is 0. The SMILES string of the molecule is CC(C)CCC(C)(CCO)C(C)(C)N. The molecule has 0 radical (unpaired) electrons. The Balaban J connectivity index is 4.40. The summed E-state index contributed by atoms with van der Waals surface area (Å²) in [6.07, 6.45) is 3.06. The van der Waals surface area contributed by atoms with Crippen molar-refractivity contribution in [1.82, 2.24) is 0 Å². The Bertz CT molecular complexity index is 160. The summed E-state index contributed by atoms with van der Waals surface area (Å²) in [5.41, 5.74) is 6.01. The van der Waals surface area contributed by atoms with Crippen molar-refractivity contribution in [1.29, 1.82) is 0 Å². The third-order valence-corrected chi connectivity index (χ3v) is 3.49. The van der Waals surface area contributed by atoms with Crippen molar-refractivity contribution in [2.75, 3.05) is 6.61 Å². The molecule has 0 spiro atoms. The highest BCUT2D eigenvalue weighted by Crippen LogP contribution is 2.38. The molecule has 3 N–H and O–H groups in total. The molecule has 1 atom stereocenters. The minimum Gasteiger partial charge on any atom is -0.396 e. The summed E-state index contributed by atoms with van der Waals surface area (Å²) in [7, 11) is 0. The lowest BCUT2D eigenvalue weighted by atomic mass is 9.68. The van der Waals surface area contributed by atoms with E-state index in [2.05, 4.69) is 34.6 Å². The van der Waals surface area contributed by atoms with Crippen molar-refractivity contribution in [3.63, 3.8) is 0 Å². The van der Waals surface area contributed by atoms with Crippen LogP contribution in [0.25, 0.3) is 0 Å². The fourth-order valence-corrected chi connectivity index (χ4v) is 1.62. The molecule has 2 heteroatoms. The number of nitrogens with two attached hydrogens (primary N) is 1. The first-order chi connectivity index (χ1) is 6.23. The maximum Gasteiger partial charge on any atom is 0.0436 e. The molecular weight excluding hydrogens is 174 g/mol. The van der Waals surface area contributed by atoms with Crippen LogP contribution >= 0.6 is 0 Å². The van der Waals surface area contributed by atoms with E-state index in [9.17, 15) is 0 Å². The van der Waals surface area contributed by atoms with E-state index in [0.717, 1.165) is 12.8 Å². The van der Waals surface area contributed by atoms with Crippen LogP contribution in [0, 0.1) is 11.3 Å². The Labute approximate surface area is 88.9 Å². The minimum atomic E-state index is -0.218. The largest absolute Gasteiger partial charge is 0.396 e. The fourth-order valence-electron chi connectivity index (χ4n) is 1.62. The van der Waals surface area contributed by atoms with Crippen molar-refractivity contribution in [2.24, 2.45) is 17.1 Å². The standard InChI is InChI=1S/C12H27NO/c1-10(2)6-7-12(5,8-9-14)11(3,4)13/h10,14H,6-9,13H2,1-5H3. The van der Waals surface area contributed by atoms with Crippen LogP contribution in [-0.4, -0.2) is 17.3 Å². The molecule has 0 saturated carbocycles. The van der Waals surface area contributed by atoms with Crippen LogP contribution in [-0.2, 0) is 0 Å².